The largest absolute Gasteiger partial charge is 0.461 e. The lowest BCUT2D eigenvalue weighted by Crippen LogP contribution is -2.28. The summed E-state index contributed by atoms with van der Waals surface area (Å²) in [6.07, 6.45) is 1.78. The topological polar surface area (TPSA) is 50.7 Å². The second-order valence-electron chi connectivity index (χ2n) is 5.29. The molecule has 0 aliphatic carbocycles. The Morgan fingerprint density at radius 2 is 1.87 bits per heavy atom. The van der Waals surface area contributed by atoms with Crippen molar-refractivity contribution < 1.29 is 9.53 Å². The zero-order valence-electron chi connectivity index (χ0n) is 13.2. The molecule has 4 nitrogen and oxygen atoms in total. The molecule has 0 atom stereocenters. The van der Waals surface area contributed by atoms with Crippen molar-refractivity contribution in [1.29, 1.82) is 0 Å². The van der Waals surface area contributed by atoms with Crippen molar-refractivity contribution in [2.45, 2.75) is 13.8 Å². The van der Waals surface area contributed by atoms with Crippen LogP contribution in [0.15, 0.2) is 59.2 Å². The summed E-state index contributed by atoms with van der Waals surface area (Å²) in [6.45, 7) is 4.15. The van der Waals surface area contributed by atoms with Crippen molar-refractivity contribution in [2.24, 2.45) is 4.99 Å². The van der Waals surface area contributed by atoms with Crippen LogP contribution in [0.5, 0.6) is 0 Å². The molecule has 1 N–H and O–H groups in total. The molecule has 0 bridgehead atoms. The summed E-state index contributed by atoms with van der Waals surface area (Å²) in [6, 6.07) is 15.7. The number of nitrogens with one attached hydrogen (secondary N) is 1. The second-order valence-corrected chi connectivity index (χ2v) is 5.29. The highest BCUT2D eigenvalue weighted by Crippen LogP contribution is 2.25. The normalized spacial score (nSPS) is 13.1. The average molecular weight is 306 g/mol. The number of aliphatic imine (C=N–C) groups is 1. The van der Waals surface area contributed by atoms with Gasteiger partial charge in [-0.1, -0.05) is 48.0 Å². The van der Waals surface area contributed by atoms with E-state index in [1.165, 1.54) is 5.56 Å². The zero-order valence-corrected chi connectivity index (χ0v) is 13.2. The molecule has 23 heavy (non-hydrogen) atoms. The fourth-order valence-electron chi connectivity index (χ4n) is 2.35. The molecule has 2 aromatic rings. The number of rotatable bonds is 3. The van der Waals surface area contributed by atoms with Gasteiger partial charge in [0.2, 0.25) is 0 Å². The van der Waals surface area contributed by atoms with Crippen molar-refractivity contribution >= 4 is 23.6 Å². The highest BCUT2D eigenvalue weighted by Gasteiger charge is 2.18. The number of aryl methyl sites for hydroxylation is 1. The molecule has 0 unspecified atom stereocenters. The van der Waals surface area contributed by atoms with Gasteiger partial charge in [-0.3, -0.25) is 0 Å². The Hall–Kier alpha value is -2.88. The number of fused-ring (bicyclic) bond motifs is 1. The van der Waals surface area contributed by atoms with Crippen molar-refractivity contribution in [3.63, 3.8) is 0 Å². The predicted molar refractivity (Wildman–Crippen MR) is 91.6 cm³/mol. The number of para-hydroxylation sites is 1. The van der Waals surface area contributed by atoms with Crippen LogP contribution < -0.4 is 5.32 Å². The molecule has 0 fully saturated rings. The van der Waals surface area contributed by atoms with E-state index in [0.717, 1.165) is 16.8 Å². The number of ether oxygens (including phenoxy) is 1. The van der Waals surface area contributed by atoms with Gasteiger partial charge >= 0.3 is 5.97 Å². The van der Waals surface area contributed by atoms with E-state index >= 15 is 0 Å². The Labute approximate surface area is 135 Å². The highest BCUT2D eigenvalue weighted by molar-refractivity contribution is 6.08. The third kappa shape index (κ3) is 3.31. The molecule has 116 valence electrons. The van der Waals surface area contributed by atoms with Crippen LogP contribution in [0.25, 0.3) is 6.08 Å². The smallest absolute Gasteiger partial charge is 0.354 e. The van der Waals surface area contributed by atoms with Gasteiger partial charge in [-0.15, -0.1) is 0 Å². The Bertz CT molecular complexity index is 789. The lowest BCUT2D eigenvalue weighted by atomic mass is 10.1. The number of benzene rings is 2. The first-order chi connectivity index (χ1) is 11.2. The molecule has 0 spiro atoms. The lowest BCUT2D eigenvalue weighted by molar-refractivity contribution is -0.138. The third-order valence-electron chi connectivity index (χ3n) is 3.54. The van der Waals surface area contributed by atoms with Crippen LogP contribution in [0.2, 0.25) is 0 Å². The van der Waals surface area contributed by atoms with Crippen LogP contribution in [-0.2, 0) is 9.53 Å². The van der Waals surface area contributed by atoms with Gasteiger partial charge < -0.3 is 10.1 Å². The molecule has 2 aromatic carbocycles. The number of carbonyl (C=O) groups is 1. The maximum absolute atomic E-state index is 12.2. The molecule has 0 aromatic heterocycles. The van der Waals surface area contributed by atoms with Gasteiger partial charge in [0, 0.05) is 11.1 Å². The van der Waals surface area contributed by atoms with E-state index in [2.05, 4.69) is 10.3 Å². The highest BCUT2D eigenvalue weighted by atomic mass is 16.5. The van der Waals surface area contributed by atoms with Crippen molar-refractivity contribution in [1.82, 2.24) is 5.32 Å². The minimum atomic E-state index is -0.385. The van der Waals surface area contributed by atoms with Crippen molar-refractivity contribution in [2.75, 3.05) is 6.61 Å². The van der Waals surface area contributed by atoms with Crippen LogP contribution in [0.4, 0.5) is 5.69 Å². The summed E-state index contributed by atoms with van der Waals surface area (Å²) >= 11 is 0. The van der Waals surface area contributed by atoms with E-state index in [9.17, 15) is 4.79 Å². The monoisotopic (exact) mass is 306 g/mol. The number of amidine groups is 1. The summed E-state index contributed by atoms with van der Waals surface area (Å²) < 4.78 is 5.13. The molecular formula is C19H18N2O2. The van der Waals surface area contributed by atoms with Crippen LogP contribution in [0.3, 0.4) is 0 Å². The first-order valence-corrected chi connectivity index (χ1v) is 7.58. The maximum atomic E-state index is 12.2. The maximum Gasteiger partial charge on any atom is 0.354 e. The number of hydrogen-bond acceptors (Lipinski definition) is 4. The van der Waals surface area contributed by atoms with E-state index in [1.54, 1.807) is 13.0 Å². The van der Waals surface area contributed by atoms with Crippen LogP contribution >= 0.6 is 0 Å². The van der Waals surface area contributed by atoms with E-state index in [0.29, 0.717) is 18.1 Å². The summed E-state index contributed by atoms with van der Waals surface area (Å²) in [5.41, 5.74) is 4.17. The average Bonchev–Trinajstić information content (AvgIpc) is 2.75. The third-order valence-corrected chi connectivity index (χ3v) is 3.54. The van der Waals surface area contributed by atoms with Gasteiger partial charge in [-0.05, 0) is 26.0 Å². The van der Waals surface area contributed by atoms with Gasteiger partial charge in [0.05, 0.1) is 12.3 Å². The molecular weight excluding hydrogens is 288 g/mol. The summed E-state index contributed by atoms with van der Waals surface area (Å²) in [4.78, 5) is 16.9. The fraction of sp³-hybridized carbons (Fsp3) is 0.158. The molecule has 4 heteroatoms. The van der Waals surface area contributed by atoms with Gasteiger partial charge in [-0.25, -0.2) is 9.79 Å². The SMILES string of the molecule is CCOC(=O)C1=Cc2ccccc2N=C(c2ccc(C)cc2)N1. The lowest BCUT2D eigenvalue weighted by Gasteiger charge is -2.11. The number of nitrogens with zero attached hydrogens (tertiary/aromatic N) is 1. The minimum Gasteiger partial charge on any atom is -0.461 e. The second kappa shape index (κ2) is 6.48. The Kier molecular flexibility index (Phi) is 4.24. The Morgan fingerprint density at radius 1 is 1.13 bits per heavy atom. The number of esters is 1. The van der Waals surface area contributed by atoms with Crippen LogP contribution in [0.1, 0.15) is 23.6 Å². The Morgan fingerprint density at radius 3 is 2.61 bits per heavy atom. The van der Waals surface area contributed by atoms with E-state index in [4.69, 9.17) is 4.74 Å². The molecule has 0 radical (unpaired) electrons. The number of carbonyl (C=O) groups excluding carboxylic acids is 1. The minimum absolute atomic E-state index is 0.330. The summed E-state index contributed by atoms with van der Waals surface area (Å²) in [5.74, 6) is 0.248. The predicted octanol–water partition coefficient (Wildman–Crippen LogP) is 3.58. The first-order valence-electron chi connectivity index (χ1n) is 7.58. The fourth-order valence-corrected chi connectivity index (χ4v) is 2.35. The van der Waals surface area contributed by atoms with Crippen LogP contribution in [-0.4, -0.2) is 18.4 Å². The number of hydrogen-bond donors (Lipinski definition) is 1. The molecule has 1 aliphatic rings. The summed E-state index contributed by atoms with van der Waals surface area (Å²) in [5, 5.41) is 3.12. The standard InChI is InChI=1S/C19H18N2O2/c1-3-23-19(22)17-12-15-6-4-5-7-16(15)20-18(21-17)14-10-8-13(2)9-11-14/h4-12H,3H2,1-2H3,(H,20,21). The van der Waals surface area contributed by atoms with E-state index < -0.39 is 0 Å². The van der Waals surface area contributed by atoms with Crippen molar-refractivity contribution in [3.8, 4) is 0 Å². The van der Waals surface area contributed by atoms with Gasteiger partial charge in [0.1, 0.15) is 11.5 Å². The van der Waals surface area contributed by atoms with Crippen molar-refractivity contribution in [3.05, 3.63) is 70.9 Å². The van der Waals surface area contributed by atoms with Gasteiger partial charge in [-0.2, -0.15) is 0 Å². The molecule has 0 amide bonds. The van der Waals surface area contributed by atoms with Gasteiger partial charge in [0.15, 0.2) is 0 Å². The van der Waals surface area contributed by atoms with Gasteiger partial charge in [0.25, 0.3) is 0 Å². The van der Waals surface area contributed by atoms with E-state index in [1.807, 2.05) is 55.5 Å². The Balaban J connectivity index is 2.07. The first kappa shape index (κ1) is 15.0. The summed E-state index contributed by atoms with van der Waals surface area (Å²) in [7, 11) is 0. The quantitative estimate of drug-likeness (QED) is 0.882. The molecule has 0 saturated carbocycles. The molecule has 1 aliphatic heterocycles. The molecule has 1 heterocycles. The molecule has 0 saturated heterocycles. The van der Waals surface area contributed by atoms with Crippen LogP contribution in [0, 0.1) is 6.92 Å². The van der Waals surface area contributed by atoms with E-state index in [-0.39, 0.29) is 5.97 Å². The molecule has 3 rings (SSSR count). The zero-order chi connectivity index (χ0) is 16.2.